The maximum Gasteiger partial charge on any atom is 0.203 e. The second-order valence-corrected chi connectivity index (χ2v) is 6.72. The highest BCUT2D eigenvalue weighted by atomic mass is 15.2. The van der Waals surface area contributed by atoms with E-state index in [1.807, 2.05) is 0 Å². The molecule has 1 fully saturated rings. The molecule has 0 atom stereocenters. The second kappa shape index (κ2) is 7.70. The molecule has 0 amide bonds. The smallest absolute Gasteiger partial charge is 0.203 e. The number of hydrogen-bond acceptors (Lipinski definition) is 2. The van der Waals surface area contributed by atoms with Gasteiger partial charge in [0.1, 0.15) is 0 Å². The van der Waals surface area contributed by atoms with Gasteiger partial charge >= 0.3 is 0 Å². The molecule has 3 heteroatoms. The molecule has 0 aliphatic heterocycles. The fourth-order valence-corrected chi connectivity index (χ4v) is 3.16. The molecule has 1 heterocycles. The van der Waals surface area contributed by atoms with Crippen molar-refractivity contribution in [2.24, 2.45) is 5.92 Å². The van der Waals surface area contributed by atoms with E-state index in [4.69, 9.17) is 0 Å². The molecule has 0 aromatic carbocycles. The highest BCUT2D eigenvalue weighted by molar-refractivity contribution is 5.29. The van der Waals surface area contributed by atoms with E-state index in [0.29, 0.717) is 6.04 Å². The number of anilines is 1. The highest BCUT2D eigenvalue weighted by Crippen LogP contribution is 2.30. The SMILES string of the molecule is Cc1cn(C2CCCCC2)c(NCCCCC(C)C)n1. The zero-order valence-electron chi connectivity index (χ0n) is 13.5. The lowest BCUT2D eigenvalue weighted by Crippen LogP contribution is -2.16. The lowest BCUT2D eigenvalue weighted by molar-refractivity contribution is 0.355. The van der Waals surface area contributed by atoms with Crippen molar-refractivity contribution < 1.29 is 0 Å². The van der Waals surface area contributed by atoms with Gasteiger partial charge in [0.15, 0.2) is 0 Å². The molecule has 114 valence electrons. The van der Waals surface area contributed by atoms with Crippen LogP contribution in [0.1, 0.15) is 76.9 Å². The number of rotatable bonds is 7. The lowest BCUT2D eigenvalue weighted by Gasteiger charge is -2.24. The quantitative estimate of drug-likeness (QED) is 0.716. The zero-order valence-corrected chi connectivity index (χ0v) is 13.5. The molecule has 0 bridgehead atoms. The predicted octanol–water partition coefficient (Wildman–Crippen LogP) is 4.93. The minimum atomic E-state index is 0.670. The molecule has 0 spiro atoms. The van der Waals surface area contributed by atoms with E-state index in [0.717, 1.165) is 24.1 Å². The summed E-state index contributed by atoms with van der Waals surface area (Å²) in [5.74, 6) is 1.92. The molecule has 1 aromatic heterocycles. The first-order chi connectivity index (χ1) is 9.66. The van der Waals surface area contributed by atoms with Gasteiger partial charge in [-0.25, -0.2) is 4.98 Å². The number of nitrogens with zero attached hydrogens (tertiary/aromatic N) is 2. The minimum absolute atomic E-state index is 0.670. The van der Waals surface area contributed by atoms with Crippen molar-refractivity contribution in [3.8, 4) is 0 Å². The van der Waals surface area contributed by atoms with Crippen LogP contribution in [0.5, 0.6) is 0 Å². The maximum atomic E-state index is 4.67. The Bertz CT molecular complexity index is 389. The summed E-state index contributed by atoms with van der Waals surface area (Å²) < 4.78 is 2.40. The van der Waals surface area contributed by atoms with Crippen molar-refractivity contribution in [2.45, 2.75) is 78.2 Å². The fourth-order valence-electron chi connectivity index (χ4n) is 3.16. The Morgan fingerprint density at radius 3 is 2.70 bits per heavy atom. The first kappa shape index (κ1) is 15.4. The van der Waals surface area contributed by atoms with Crippen molar-refractivity contribution in [1.82, 2.24) is 9.55 Å². The van der Waals surface area contributed by atoms with E-state index >= 15 is 0 Å². The monoisotopic (exact) mass is 277 g/mol. The van der Waals surface area contributed by atoms with Crippen molar-refractivity contribution in [3.05, 3.63) is 11.9 Å². The average Bonchev–Trinajstić information content (AvgIpc) is 2.80. The molecule has 2 rings (SSSR count). The molecule has 0 saturated heterocycles. The van der Waals surface area contributed by atoms with Crippen LogP contribution in [0.15, 0.2) is 6.20 Å². The molecular formula is C17H31N3. The van der Waals surface area contributed by atoms with Gasteiger partial charge in [0.05, 0.1) is 5.69 Å². The summed E-state index contributed by atoms with van der Waals surface area (Å²) in [4.78, 5) is 4.67. The van der Waals surface area contributed by atoms with Crippen LogP contribution in [-0.4, -0.2) is 16.1 Å². The van der Waals surface area contributed by atoms with Crippen LogP contribution < -0.4 is 5.32 Å². The van der Waals surface area contributed by atoms with E-state index in [1.54, 1.807) is 0 Å². The average molecular weight is 277 g/mol. The van der Waals surface area contributed by atoms with Crippen LogP contribution in [0.3, 0.4) is 0 Å². The van der Waals surface area contributed by atoms with Gasteiger partial charge in [0.25, 0.3) is 0 Å². The van der Waals surface area contributed by atoms with Crippen LogP contribution in [0.2, 0.25) is 0 Å². The Morgan fingerprint density at radius 2 is 2.00 bits per heavy atom. The number of imidazole rings is 1. The Kier molecular flexibility index (Phi) is 5.93. The molecular weight excluding hydrogens is 246 g/mol. The van der Waals surface area contributed by atoms with Crippen LogP contribution >= 0.6 is 0 Å². The molecule has 3 nitrogen and oxygen atoms in total. The summed E-state index contributed by atoms with van der Waals surface area (Å²) in [6.07, 6.45) is 12.9. The van der Waals surface area contributed by atoms with E-state index in [1.165, 1.54) is 51.4 Å². The summed E-state index contributed by atoms with van der Waals surface area (Å²) in [7, 11) is 0. The first-order valence-electron chi connectivity index (χ1n) is 8.46. The summed E-state index contributed by atoms with van der Waals surface area (Å²) in [5.41, 5.74) is 1.14. The standard InChI is InChI=1S/C17H31N3/c1-14(2)9-7-8-12-18-17-19-15(3)13-20(17)16-10-5-4-6-11-16/h13-14,16H,4-12H2,1-3H3,(H,18,19). The summed E-state index contributed by atoms with van der Waals surface area (Å²) in [6.45, 7) is 7.75. The largest absolute Gasteiger partial charge is 0.356 e. The molecule has 1 saturated carbocycles. The summed E-state index contributed by atoms with van der Waals surface area (Å²) in [5, 5.41) is 3.56. The topological polar surface area (TPSA) is 29.9 Å². The molecule has 0 unspecified atom stereocenters. The van der Waals surface area contributed by atoms with Gasteiger partial charge in [-0.05, 0) is 32.1 Å². The normalized spacial score (nSPS) is 16.8. The molecule has 20 heavy (non-hydrogen) atoms. The summed E-state index contributed by atoms with van der Waals surface area (Å²) >= 11 is 0. The lowest BCUT2D eigenvalue weighted by atomic mass is 9.95. The number of aromatic nitrogens is 2. The van der Waals surface area contributed by atoms with E-state index in [-0.39, 0.29) is 0 Å². The summed E-state index contributed by atoms with van der Waals surface area (Å²) in [6, 6.07) is 0.670. The third-order valence-corrected chi connectivity index (χ3v) is 4.31. The number of nitrogens with one attached hydrogen (secondary N) is 1. The molecule has 1 aliphatic rings. The first-order valence-corrected chi connectivity index (χ1v) is 8.46. The Labute approximate surface area is 124 Å². The van der Waals surface area contributed by atoms with Crippen molar-refractivity contribution in [3.63, 3.8) is 0 Å². The fraction of sp³-hybridized carbons (Fsp3) is 0.824. The van der Waals surface area contributed by atoms with Crippen molar-refractivity contribution in [2.75, 3.05) is 11.9 Å². The zero-order chi connectivity index (χ0) is 14.4. The van der Waals surface area contributed by atoms with Crippen molar-refractivity contribution in [1.29, 1.82) is 0 Å². The molecule has 1 aliphatic carbocycles. The molecule has 0 radical (unpaired) electrons. The Balaban J connectivity index is 1.84. The third-order valence-electron chi connectivity index (χ3n) is 4.31. The molecule has 1 aromatic rings. The Morgan fingerprint density at radius 1 is 1.25 bits per heavy atom. The number of hydrogen-bond donors (Lipinski definition) is 1. The number of aryl methyl sites for hydroxylation is 1. The van der Waals surface area contributed by atoms with Gasteiger partial charge in [-0.1, -0.05) is 46.0 Å². The van der Waals surface area contributed by atoms with Gasteiger partial charge in [-0.3, -0.25) is 0 Å². The maximum absolute atomic E-state index is 4.67. The van der Waals surface area contributed by atoms with Gasteiger partial charge < -0.3 is 9.88 Å². The van der Waals surface area contributed by atoms with E-state index in [9.17, 15) is 0 Å². The highest BCUT2D eigenvalue weighted by Gasteiger charge is 2.18. The predicted molar refractivity (Wildman–Crippen MR) is 86.3 cm³/mol. The Hall–Kier alpha value is -0.990. The third kappa shape index (κ3) is 4.53. The van der Waals surface area contributed by atoms with E-state index < -0.39 is 0 Å². The van der Waals surface area contributed by atoms with Crippen molar-refractivity contribution >= 4 is 5.95 Å². The van der Waals surface area contributed by atoms with Crippen LogP contribution in [0.25, 0.3) is 0 Å². The van der Waals surface area contributed by atoms with Gasteiger partial charge in [0, 0.05) is 18.8 Å². The number of unbranched alkanes of at least 4 members (excludes halogenated alkanes) is 1. The van der Waals surface area contributed by atoms with E-state index in [2.05, 4.69) is 41.8 Å². The van der Waals surface area contributed by atoms with Gasteiger partial charge in [-0.2, -0.15) is 0 Å². The van der Waals surface area contributed by atoms with Crippen LogP contribution in [-0.2, 0) is 0 Å². The van der Waals surface area contributed by atoms with Crippen LogP contribution in [0, 0.1) is 12.8 Å². The van der Waals surface area contributed by atoms with Gasteiger partial charge in [-0.15, -0.1) is 0 Å². The van der Waals surface area contributed by atoms with Gasteiger partial charge in [0.2, 0.25) is 5.95 Å². The molecule has 1 N–H and O–H groups in total. The second-order valence-electron chi connectivity index (χ2n) is 6.72. The minimum Gasteiger partial charge on any atom is -0.356 e. The van der Waals surface area contributed by atoms with Crippen LogP contribution in [0.4, 0.5) is 5.95 Å².